The normalized spacial score (nSPS) is 22.7. The number of hydrogen-bond donors (Lipinski definition) is 1. The molecule has 8 nitrogen and oxygen atoms in total. The summed E-state index contributed by atoms with van der Waals surface area (Å²) >= 11 is 0. The molecule has 1 saturated carbocycles. The van der Waals surface area contributed by atoms with Crippen molar-refractivity contribution in [3.8, 4) is 0 Å². The topological polar surface area (TPSA) is 90.0 Å². The van der Waals surface area contributed by atoms with Crippen LogP contribution in [0.25, 0.3) is 0 Å². The minimum Gasteiger partial charge on any atom is -0.320 e. The SMILES string of the molecule is CC(=O)c1ccc(NC(=O)N2CCN3C(=O)N(C4CCCCC4)C(=O)[C@H]3C2)cc1. The number of hydrogen-bond acceptors (Lipinski definition) is 4. The van der Waals surface area contributed by atoms with Crippen molar-refractivity contribution in [1.82, 2.24) is 14.7 Å². The van der Waals surface area contributed by atoms with Gasteiger partial charge in [0.25, 0.3) is 5.91 Å². The van der Waals surface area contributed by atoms with Crippen LogP contribution in [-0.2, 0) is 4.79 Å². The Morgan fingerprint density at radius 1 is 1.00 bits per heavy atom. The molecule has 4 rings (SSSR count). The van der Waals surface area contributed by atoms with E-state index in [0.29, 0.717) is 24.3 Å². The number of rotatable bonds is 3. The fraction of sp³-hybridized carbons (Fsp3) is 0.524. The number of nitrogens with zero attached hydrogens (tertiary/aromatic N) is 3. The number of benzene rings is 1. The molecule has 1 atom stereocenters. The van der Waals surface area contributed by atoms with Gasteiger partial charge in [0.05, 0.1) is 6.54 Å². The van der Waals surface area contributed by atoms with Gasteiger partial charge >= 0.3 is 12.1 Å². The third kappa shape index (κ3) is 3.71. The quantitative estimate of drug-likeness (QED) is 0.626. The van der Waals surface area contributed by atoms with Crippen LogP contribution < -0.4 is 5.32 Å². The maximum absolute atomic E-state index is 13.0. The van der Waals surface area contributed by atoms with Crippen LogP contribution >= 0.6 is 0 Å². The fourth-order valence-corrected chi connectivity index (χ4v) is 4.47. The molecule has 154 valence electrons. The summed E-state index contributed by atoms with van der Waals surface area (Å²) < 4.78 is 0. The molecule has 0 bridgehead atoms. The predicted octanol–water partition coefficient (Wildman–Crippen LogP) is 2.70. The Morgan fingerprint density at radius 2 is 1.69 bits per heavy atom. The van der Waals surface area contributed by atoms with Crippen LogP contribution in [0.5, 0.6) is 0 Å². The average molecular weight is 398 g/mol. The molecule has 0 aromatic heterocycles. The number of anilines is 1. The van der Waals surface area contributed by atoms with Crippen molar-refractivity contribution in [2.24, 2.45) is 0 Å². The molecule has 5 amide bonds. The Bertz CT molecular complexity index is 832. The zero-order valence-corrected chi connectivity index (χ0v) is 16.6. The Kier molecular flexibility index (Phi) is 5.25. The lowest BCUT2D eigenvalue weighted by Crippen LogP contribution is -2.55. The van der Waals surface area contributed by atoms with Gasteiger partial charge in [0, 0.05) is 30.4 Å². The van der Waals surface area contributed by atoms with Crippen molar-refractivity contribution in [2.45, 2.75) is 51.1 Å². The minimum absolute atomic E-state index is 0.00332. The standard InChI is InChI=1S/C21H26N4O4/c1-14(26)15-7-9-16(10-8-15)22-20(28)23-11-12-24-18(13-23)19(27)25(21(24)29)17-5-3-2-4-6-17/h7-10,17-18H,2-6,11-13H2,1H3,(H,22,28)/t18-/m1/s1. The lowest BCUT2D eigenvalue weighted by atomic mass is 9.94. The molecule has 3 aliphatic rings. The largest absolute Gasteiger partial charge is 0.327 e. The van der Waals surface area contributed by atoms with E-state index in [1.807, 2.05) is 0 Å². The lowest BCUT2D eigenvalue weighted by Gasteiger charge is -2.35. The molecule has 0 spiro atoms. The van der Waals surface area contributed by atoms with Gasteiger partial charge in [-0.05, 0) is 44.0 Å². The first-order valence-electron chi connectivity index (χ1n) is 10.3. The lowest BCUT2D eigenvalue weighted by molar-refractivity contribution is -0.131. The van der Waals surface area contributed by atoms with Gasteiger partial charge in [-0.15, -0.1) is 0 Å². The monoisotopic (exact) mass is 398 g/mol. The van der Waals surface area contributed by atoms with Gasteiger partial charge in [-0.1, -0.05) is 19.3 Å². The molecule has 1 N–H and O–H groups in total. The summed E-state index contributed by atoms with van der Waals surface area (Å²) in [4.78, 5) is 54.4. The van der Waals surface area contributed by atoms with Crippen LogP contribution in [0.1, 0.15) is 49.4 Å². The number of Topliss-reactive ketones (excluding diaryl/α,β-unsaturated/α-hetero) is 1. The first kappa shape index (κ1) is 19.4. The van der Waals surface area contributed by atoms with Crippen molar-refractivity contribution in [3.63, 3.8) is 0 Å². The number of carbonyl (C=O) groups is 4. The second-order valence-electron chi connectivity index (χ2n) is 8.00. The summed E-state index contributed by atoms with van der Waals surface area (Å²) in [6.45, 7) is 2.43. The molecule has 2 heterocycles. The predicted molar refractivity (Wildman–Crippen MR) is 107 cm³/mol. The number of imide groups is 1. The highest BCUT2D eigenvalue weighted by Crippen LogP contribution is 2.30. The number of nitrogens with one attached hydrogen (secondary N) is 1. The number of fused-ring (bicyclic) bond motifs is 1. The highest BCUT2D eigenvalue weighted by Gasteiger charge is 2.50. The Morgan fingerprint density at radius 3 is 2.34 bits per heavy atom. The molecule has 0 radical (unpaired) electrons. The number of amides is 5. The molecule has 2 aliphatic heterocycles. The molecule has 8 heteroatoms. The Balaban J connectivity index is 1.41. The zero-order valence-electron chi connectivity index (χ0n) is 16.6. The summed E-state index contributed by atoms with van der Waals surface area (Å²) in [6, 6.07) is 5.58. The van der Waals surface area contributed by atoms with Crippen LogP contribution in [0.4, 0.5) is 15.3 Å². The molecular weight excluding hydrogens is 372 g/mol. The molecule has 2 saturated heterocycles. The van der Waals surface area contributed by atoms with Crippen molar-refractivity contribution in [3.05, 3.63) is 29.8 Å². The molecule has 0 unspecified atom stereocenters. The van der Waals surface area contributed by atoms with E-state index < -0.39 is 6.04 Å². The van der Waals surface area contributed by atoms with Crippen LogP contribution in [0.3, 0.4) is 0 Å². The number of piperazine rings is 1. The van der Waals surface area contributed by atoms with Gasteiger partial charge in [-0.3, -0.25) is 14.5 Å². The summed E-state index contributed by atoms with van der Waals surface area (Å²) in [5.41, 5.74) is 1.16. The average Bonchev–Trinajstić information content (AvgIpc) is 2.99. The van der Waals surface area contributed by atoms with Crippen molar-refractivity contribution in [2.75, 3.05) is 25.0 Å². The summed E-state index contributed by atoms with van der Waals surface area (Å²) in [5.74, 6) is -0.212. The molecule has 1 aromatic carbocycles. The van der Waals surface area contributed by atoms with Crippen molar-refractivity contribution >= 4 is 29.4 Å². The van der Waals surface area contributed by atoms with E-state index in [9.17, 15) is 19.2 Å². The van der Waals surface area contributed by atoms with Gasteiger partial charge in [0.1, 0.15) is 6.04 Å². The van der Waals surface area contributed by atoms with E-state index in [4.69, 9.17) is 0 Å². The van der Waals surface area contributed by atoms with Crippen molar-refractivity contribution in [1.29, 1.82) is 0 Å². The van der Waals surface area contributed by atoms with Crippen molar-refractivity contribution < 1.29 is 19.2 Å². The number of urea groups is 2. The first-order valence-corrected chi connectivity index (χ1v) is 10.3. The highest BCUT2D eigenvalue weighted by atomic mass is 16.2. The van der Waals surface area contributed by atoms with Crippen LogP contribution in [-0.4, -0.2) is 70.2 Å². The van der Waals surface area contributed by atoms with E-state index >= 15 is 0 Å². The van der Waals surface area contributed by atoms with Gasteiger partial charge in [-0.25, -0.2) is 9.59 Å². The Labute approximate surface area is 169 Å². The van der Waals surface area contributed by atoms with Crippen LogP contribution in [0.2, 0.25) is 0 Å². The minimum atomic E-state index is -0.594. The second kappa shape index (κ2) is 7.85. The molecule has 3 fully saturated rings. The summed E-state index contributed by atoms with van der Waals surface area (Å²) in [5, 5.41) is 2.81. The number of ketones is 1. The molecule has 1 aliphatic carbocycles. The molecule has 1 aromatic rings. The van der Waals surface area contributed by atoms with Gasteiger partial charge in [0.15, 0.2) is 5.78 Å². The molecular formula is C21H26N4O4. The molecule has 29 heavy (non-hydrogen) atoms. The smallest absolute Gasteiger partial charge is 0.320 e. The van der Waals surface area contributed by atoms with E-state index in [-0.39, 0.29) is 36.3 Å². The Hall–Kier alpha value is -2.90. The highest BCUT2D eigenvalue weighted by molar-refractivity contribution is 6.05. The van der Waals surface area contributed by atoms with Gasteiger partial charge in [-0.2, -0.15) is 0 Å². The third-order valence-electron chi connectivity index (χ3n) is 6.12. The fourth-order valence-electron chi connectivity index (χ4n) is 4.47. The van der Waals surface area contributed by atoms with Crippen LogP contribution in [0, 0.1) is 0 Å². The number of carbonyl (C=O) groups excluding carboxylic acids is 4. The zero-order chi connectivity index (χ0) is 20.5. The van der Waals surface area contributed by atoms with Gasteiger partial charge < -0.3 is 15.1 Å². The van der Waals surface area contributed by atoms with E-state index in [0.717, 1.165) is 32.1 Å². The van der Waals surface area contributed by atoms with E-state index in [1.165, 1.54) is 11.8 Å². The maximum Gasteiger partial charge on any atom is 0.327 e. The first-order chi connectivity index (χ1) is 14.0. The third-order valence-corrected chi connectivity index (χ3v) is 6.12. The maximum atomic E-state index is 13.0. The second-order valence-corrected chi connectivity index (χ2v) is 8.00. The van der Waals surface area contributed by atoms with Gasteiger partial charge in [0.2, 0.25) is 0 Å². The van der Waals surface area contributed by atoms with E-state index in [2.05, 4.69) is 5.32 Å². The van der Waals surface area contributed by atoms with Crippen LogP contribution in [0.15, 0.2) is 24.3 Å². The summed E-state index contributed by atoms with van der Waals surface area (Å²) in [6.07, 6.45) is 4.99. The van der Waals surface area contributed by atoms with E-state index in [1.54, 1.807) is 34.1 Å². The summed E-state index contributed by atoms with van der Waals surface area (Å²) in [7, 11) is 0.